The Morgan fingerprint density at radius 2 is 2.00 bits per heavy atom. The van der Waals surface area contributed by atoms with Gasteiger partial charge in [-0.2, -0.15) is 0 Å². The van der Waals surface area contributed by atoms with Gasteiger partial charge in [-0.05, 0) is 43.6 Å². The Morgan fingerprint density at radius 3 is 2.65 bits per heavy atom. The third kappa shape index (κ3) is 6.01. The maximum atomic E-state index is 12.2. The Hall–Kier alpha value is -2.09. The number of methoxy groups -OCH3 is 1. The number of likely N-dealkylation sites (N-methyl/N-ethyl adjacent to an activating group) is 1. The van der Waals surface area contributed by atoms with E-state index < -0.39 is 0 Å². The van der Waals surface area contributed by atoms with Crippen LogP contribution in [-0.2, 0) is 9.59 Å². The van der Waals surface area contributed by atoms with Crippen LogP contribution in [0.5, 0.6) is 5.75 Å². The van der Waals surface area contributed by atoms with Crippen LogP contribution in [0.1, 0.15) is 17.8 Å². The maximum absolute atomic E-state index is 12.2. The molecule has 1 atom stereocenters. The first kappa shape index (κ1) is 20.2. The lowest BCUT2D eigenvalue weighted by Gasteiger charge is -2.18. The molecule has 6 nitrogen and oxygen atoms in total. The Morgan fingerprint density at radius 1 is 1.27 bits per heavy atom. The van der Waals surface area contributed by atoms with Crippen molar-refractivity contribution in [1.82, 2.24) is 10.2 Å². The minimum atomic E-state index is -0.257. The highest BCUT2D eigenvalue weighted by Gasteiger charge is 2.15. The topological polar surface area (TPSA) is 70.7 Å². The van der Waals surface area contributed by atoms with E-state index in [0.29, 0.717) is 16.5 Å². The highest BCUT2D eigenvalue weighted by molar-refractivity contribution is 7.10. The van der Waals surface area contributed by atoms with Crippen LogP contribution >= 0.6 is 22.9 Å². The molecule has 0 unspecified atom stereocenters. The summed E-state index contributed by atoms with van der Waals surface area (Å²) in [6.45, 7) is 2.12. The number of nitrogens with one attached hydrogen (secondary N) is 2. The second-order valence-corrected chi connectivity index (χ2v) is 7.29. The lowest BCUT2D eigenvalue weighted by Crippen LogP contribution is -2.39. The average molecular weight is 396 g/mol. The van der Waals surface area contributed by atoms with Crippen molar-refractivity contribution in [3.63, 3.8) is 0 Å². The number of benzene rings is 1. The van der Waals surface area contributed by atoms with Crippen LogP contribution < -0.4 is 15.4 Å². The Kier molecular flexibility index (Phi) is 7.44. The van der Waals surface area contributed by atoms with E-state index in [0.717, 1.165) is 4.88 Å². The van der Waals surface area contributed by atoms with Crippen molar-refractivity contribution in [1.29, 1.82) is 0 Å². The highest BCUT2D eigenvalue weighted by atomic mass is 35.5. The Labute approximate surface area is 162 Å². The molecule has 2 amide bonds. The number of halogens is 1. The fourth-order valence-corrected chi connectivity index (χ4v) is 3.32. The van der Waals surface area contributed by atoms with Crippen molar-refractivity contribution < 1.29 is 14.3 Å². The summed E-state index contributed by atoms with van der Waals surface area (Å²) in [6, 6.07) is 8.85. The molecule has 2 aromatic rings. The SMILES string of the molecule is COc1ccc(Cl)cc1NC(=O)CN(C)CC(=O)N[C@H](C)c1cccs1. The second kappa shape index (κ2) is 9.56. The predicted octanol–water partition coefficient (Wildman–Crippen LogP) is 3.16. The molecule has 0 aliphatic heterocycles. The lowest BCUT2D eigenvalue weighted by molar-refractivity contribution is -0.123. The van der Waals surface area contributed by atoms with E-state index in [1.807, 2.05) is 24.4 Å². The van der Waals surface area contributed by atoms with Crippen molar-refractivity contribution in [2.24, 2.45) is 0 Å². The first-order valence-electron chi connectivity index (χ1n) is 8.03. The van der Waals surface area contributed by atoms with Gasteiger partial charge in [-0.15, -0.1) is 11.3 Å². The number of ether oxygens (including phenoxy) is 1. The van der Waals surface area contributed by atoms with Crippen molar-refractivity contribution in [2.75, 3.05) is 32.6 Å². The normalized spacial score (nSPS) is 11.9. The van der Waals surface area contributed by atoms with Crippen molar-refractivity contribution in [3.8, 4) is 5.75 Å². The monoisotopic (exact) mass is 395 g/mol. The number of anilines is 1. The zero-order valence-corrected chi connectivity index (χ0v) is 16.5. The van der Waals surface area contributed by atoms with Gasteiger partial charge in [0.2, 0.25) is 11.8 Å². The first-order valence-corrected chi connectivity index (χ1v) is 9.29. The standard InChI is InChI=1S/C18H22ClN3O3S/c1-12(16-5-4-8-26-16)20-17(23)10-22(2)11-18(24)21-14-9-13(19)6-7-15(14)25-3/h4-9,12H,10-11H2,1-3H3,(H,20,23)(H,21,24)/t12-/m1/s1. The number of hydrogen-bond acceptors (Lipinski definition) is 5. The molecule has 8 heteroatoms. The zero-order chi connectivity index (χ0) is 19.1. The number of nitrogens with zero attached hydrogens (tertiary/aromatic N) is 1. The molecule has 0 spiro atoms. The van der Waals surface area contributed by atoms with E-state index in [1.54, 1.807) is 41.5 Å². The number of carbonyl (C=O) groups excluding carboxylic acids is 2. The molecule has 0 radical (unpaired) electrons. The van der Waals surface area contributed by atoms with Crippen molar-refractivity contribution >= 4 is 40.4 Å². The van der Waals surface area contributed by atoms with Crippen molar-refractivity contribution in [2.45, 2.75) is 13.0 Å². The minimum Gasteiger partial charge on any atom is -0.495 e. The largest absolute Gasteiger partial charge is 0.495 e. The van der Waals surface area contributed by atoms with Gasteiger partial charge in [-0.3, -0.25) is 14.5 Å². The van der Waals surface area contributed by atoms with Gasteiger partial charge in [0, 0.05) is 9.90 Å². The van der Waals surface area contributed by atoms with Gasteiger partial charge >= 0.3 is 0 Å². The van der Waals surface area contributed by atoms with E-state index in [9.17, 15) is 9.59 Å². The number of thiophene rings is 1. The van der Waals surface area contributed by atoms with E-state index in [1.165, 1.54) is 7.11 Å². The Bertz CT molecular complexity index is 752. The van der Waals surface area contributed by atoms with Crippen LogP contribution in [0.4, 0.5) is 5.69 Å². The van der Waals surface area contributed by atoms with E-state index in [2.05, 4.69) is 10.6 Å². The van der Waals surface area contributed by atoms with Crippen LogP contribution in [-0.4, -0.2) is 44.0 Å². The predicted molar refractivity (Wildman–Crippen MR) is 105 cm³/mol. The molecule has 2 N–H and O–H groups in total. The zero-order valence-electron chi connectivity index (χ0n) is 14.9. The average Bonchev–Trinajstić information content (AvgIpc) is 3.09. The van der Waals surface area contributed by atoms with Gasteiger partial charge < -0.3 is 15.4 Å². The number of amides is 2. The molecule has 0 fully saturated rings. The third-order valence-electron chi connectivity index (χ3n) is 3.61. The third-order valence-corrected chi connectivity index (χ3v) is 4.90. The fraction of sp³-hybridized carbons (Fsp3) is 0.333. The molecule has 140 valence electrons. The summed E-state index contributed by atoms with van der Waals surface area (Å²) < 4.78 is 5.20. The molecule has 1 heterocycles. The molecular weight excluding hydrogens is 374 g/mol. The summed E-state index contributed by atoms with van der Waals surface area (Å²) in [5, 5.41) is 8.14. The van der Waals surface area contributed by atoms with E-state index >= 15 is 0 Å². The number of rotatable bonds is 8. The second-order valence-electron chi connectivity index (χ2n) is 5.87. The molecular formula is C18H22ClN3O3S. The van der Waals surface area contributed by atoms with Gasteiger partial charge in [0.05, 0.1) is 31.9 Å². The summed E-state index contributed by atoms with van der Waals surface area (Å²) in [4.78, 5) is 27.1. The summed E-state index contributed by atoms with van der Waals surface area (Å²) in [5.74, 6) is 0.127. The number of hydrogen-bond donors (Lipinski definition) is 2. The summed E-state index contributed by atoms with van der Waals surface area (Å²) in [7, 11) is 3.23. The van der Waals surface area contributed by atoms with Crippen LogP contribution in [0.2, 0.25) is 5.02 Å². The van der Waals surface area contributed by atoms with Crippen LogP contribution in [0.3, 0.4) is 0 Å². The van der Waals surface area contributed by atoms with E-state index in [-0.39, 0.29) is 30.9 Å². The van der Waals surface area contributed by atoms with Crippen molar-refractivity contribution in [3.05, 3.63) is 45.6 Å². The van der Waals surface area contributed by atoms with E-state index in [4.69, 9.17) is 16.3 Å². The smallest absolute Gasteiger partial charge is 0.238 e. The van der Waals surface area contributed by atoms with Crippen LogP contribution in [0.15, 0.2) is 35.7 Å². The Balaban J connectivity index is 1.83. The molecule has 0 bridgehead atoms. The molecule has 0 aliphatic rings. The molecule has 0 aliphatic carbocycles. The minimum absolute atomic E-state index is 0.0551. The highest BCUT2D eigenvalue weighted by Crippen LogP contribution is 2.27. The molecule has 26 heavy (non-hydrogen) atoms. The molecule has 2 rings (SSSR count). The number of carbonyl (C=O) groups is 2. The maximum Gasteiger partial charge on any atom is 0.238 e. The lowest BCUT2D eigenvalue weighted by atomic mass is 10.2. The van der Waals surface area contributed by atoms with Gasteiger partial charge in [-0.1, -0.05) is 17.7 Å². The quantitative estimate of drug-likeness (QED) is 0.720. The van der Waals surface area contributed by atoms with Crippen LogP contribution in [0, 0.1) is 0 Å². The summed E-state index contributed by atoms with van der Waals surface area (Å²) in [6.07, 6.45) is 0. The molecule has 1 aromatic carbocycles. The molecule has 1 aromatic heterocycles. The fourth-order valence-electron chi connectivity index (χ4n) is 2.41. The van der Waals surface area contributed by atoms with Crippen LogP contribution in [0.25, 0.3) is 0 Å². The summed E-state index contributed by atoms with van der Waals surface area (Å²) >= 11 is 7.55. The van der Waals surface area contributed by atoms with Gasteiger partial charge in [0.25, 0.3) is 0 Å². The first-order chi connectivity index (χ1) is 12.4. The van der Waals surface area contributed by atoms with Gasteiger partial charge in [0.15, 0.2) is 0 Å². The summed E-state index contributed by atoms with van der Waals surface area (Å²) in [5.41, 5.74) is 0.495. The van der Waals surface area contributed by atoms with Gasteiger partial charge in [-0.25, -0.2) is 0 Å². The van der Waals surface area contributed by atoms with Gasteiger partial charge in [0.1, 0.15) is 5.75 Å². The molecule has 0 saturated heterocycles. The molecule has 0 saturated carbocycles.